The second-order valence-corrected chi connectivity index (χ2v) is 7.84. The Hall–Kier alpha value is -2.12. The number of carbonyl (C=O) groups is 2. The highest BCUT2D eigenvalue weighted by molar-refractivity contribution is 5.94. The quantitative estimate of drug-likeness (QED) is 0.765. The van der Waals surface area contributed by atoms with Gasteiger partial charge in [0.2, 0.25) is 5.91 Å². The van der Waals surface area contributed by atoms with Gasteiger partial charge in [0.25, 0.3) is 5.91 Å². The molecule has 0 unspecified atom stereocenters. The van der Waals surface area contributed by atoms with Crippen molar-refractivity contribution in [2.75, 3.05) is 46.4 Å². The molecule has 2 fully saturated rings. The van der Waals surface area contributed by atoms with Gasteiger partial charge in [-0.3, -0.25) is 14.5 Å². The first-order valence-corrected chi connectivity index (χ1v) is 10.2. The Labute approximate surface area is 167 Å². The lowest BCUT2D eigenvalue weighted by Crippen LogP contribution is -2.60. The Kier molecular flexibility index (Phi) is 6.91. The Morgan fingerprint density at radius 3 is 2.32 bits per heavy atom. The van der Waals surface area contributed by atoms with E-state index in [4.69, 9.17) is 10.5 Å². The lowest BCUT2D eigenvalue weighted by atomic mass is 9.81. The molecule has 1 aliphatic carbocycles. The number of carbonyl (C=O) groups excluding carboxylic acids is 2. The van der Waals surface area contributed by atoms with Gasteiger partial charge < -0.3 is 20.7 Å². The summed E-state index contributed by atoms with van der Waals surface area (Å²) in [7, 11) is 1.60. The molecular formula is C21H32N4O3. The van der Waals surface area contributed by atoms with E-state index in [-0.39, 0.29) is 11.8 Å². The number of piperazine rings is 1. The number of benzene rings is 1. The van der Waals surface area contributed by atoms with Crippen LogP contribution in [0.2, 0.25) is 0 Å². The van der Waals surface area contributed by atoms with Crippen molar-refractivity contribution < 1.29 is 14.3 Å². The predicted molar refractivity (Wildman–Crippen MR) is 108 cm³/mol. The van der Waals surface area contributed by atoms with Crippen molar-refractivity contribution in [3.8, 4) is 5.75 Å². The highest BCUT2D eigenvalue weighted by atomic mass is 16.5. The zero-order valence-corrected chi connectivity index (χ0v) is 16.8. The van der Waals surface area contributed by atoms with E-state index >= 15 is 0 Å². The average molecular weight is 389 g/mol. The number of nitrogens with zero attached hydrogens (tertiary/aromatic N) is 2. The second-order valence-electron chi connectivity index (χ2n) is 7.84. The Bertz CT molecular complexity index is 663. The number of rotatable bonds is 6. The molecule has 2 amide bonds. The van der Waals surface area contributed by atoms with E-state index in [0.29, 0.717) is 25.2 Å². The molecule has 0 bridgehead atoms. The first-order valence-electron chi connectivity index (χ1n) is 10.2. The molecule has 2 aliphatic rings. The summed E-state index contributed by atoms with van der Waals surface area (Å²) >= 11 is 0. The zero-order chi connectivity index (χ0) is 20.0. The van der Waals surface area contributed by atoms with Crippen LogP contribution < -0.4 is 15.8 Å². The van der Waals surface area contributed by atoms with Crippen LogP contribution in [0.15, 0.2) is 24.3 Å². The minimum Gasteiger partial charge on any atom is -0.497 e. The minimum absolute atomic E-state index is 0.0844. The van der Waals surface area contributed by atoms with Gasteiger partial charge in [0.15, 0.2) is 0 Å². The minimum atomic E-state index is -0.646. The van der Waals surface area contributed by atoms with E-state index in [2.05, 4.69) is 10.2 Å². The van der Waals surface area contributed by atoms with Crippen molar-refractivity contribution in [2.45, 2.75) is 37.6 Å². The SMILES string of the molecule is COc1ccc(C(=O)NCCN2CCN(C(=O)C3(N)CCCCC3)CC2)cc1. The van der Waals surface area contributed by atoms with Crippen molar-refractivity contribution in [1.29, 1.82) is 0 Å². The van der Waals surface area contributed by atoms with E-state index in [9.17, 15) is 9.59 Å². The molecule has 1 saturated heterocycles. The molecule has 3 rings (SSSR count). The maximum Gasteiger partial charge on any atom is 0.251 e. The van der Waals surface area contributed by atoms with Gasteiger partial charge in [-0.05, 0) is 37.1 Å². The fraction of sp³-hybridized carbons (Fsp3) is 0.619. The molecule has 0 spiro atoms. The van der Waals surface area contributed by atoms with E-state index in [1.807, 2.05) is 4.90 Å². The van der Waals surface area contributed by atoms with Crippen LogP contribution >= 0.6 is 0 Å². The van der Waals surface area contributed by atoms with Crippen LogP contribution in [-0.4, -0.2) is 73.5 Å². The smallest absolute Gasteiger partial charge is 0.251 e. The molecule has 1 heterocycles. The van der Waals surface area contributed by atoms with Gasteiger partial charge in [-0.2, -0.15) is 0 Å². The number of methoxy groups -OCH3 is 1. The summed E-state index contributed by atoms with van der Waals surface area (Å²) < 4.78 is 5.11. The highest BCUT2D eigenvalue weighted by Crippen LogP contribution is 2.28. The van der Waals surface area contributed by atoms with Crippen LogP contribution in [0.1, 0.15) is 42.5 Å². The number of hydrogen-bond donors (Lipinski definition) is 2. The fourth-order valence-electron chi connectivity index (χ4n) is 4.06. The predicted octanol–water partition coefficient (Wildman–Crippen LogP) is 1.23. The third-order valence-electron chi connectivity index (χ3n) is 5.90. The summed E-state index contributed by atoms with van der Waals surface area (Å²) in [6.45, 7) is 4.42. The summed E-state index contributed by atoms with van der Waals surface area (Å²) in [5, 5.41) is 2.95. The lowest BCUT2D eigenvalue weighted by molar-refractivity contribution is -0.140. The molecule has 7 heteroatoms. The standard InChI is InChI=1S/C21H32N4O3/c1-28-18-7-5-17(6-8-18)19(26)23-11-12-24-13-15-25(16-14-24)20(27)21(22)9-3-2-4-10-21/h5-8H,2-4,9-16,22H2,1H3,(H,23,26). The lowest BCUT2D eigenvalue weighted by Gasteiger charge is -2.41. The van der Waals surface area contributed by atoms with E-state index < -0.39 is 5.54 Å². The molecular weight excluding hydrogens is 356 g/mol. The van der Waals surface area contributed by atoms with Gasteiger partial charge in [0, 0.05) is 44.8 Å². The molecule has 1 aliphatic heterocycles. The normalized spacial score (nSPS) is 19.9. The highest BCUT2D eigenvalue weighted by Gasteiger charge is 2.39. The largest absolute Gasteiger partial charge is 0.497 e. The van der Waals surface area contributed by atoms with Gasteiger partial charge in [0.05, 0.1) is 12.6 Å². The summed E-state index contributed by atoms with van der Waals surface area (Å²) in [5.41, 5.74) is 6.37. The summed E-state index contributed by atoms with van der Waals surface area (Å²) in [4.78, 5) is 29.2. The number of amides is 2. The third-order valence-corrected chi connectivity index (χ3v) is 5.90. The number of ether oxygens (including phenoxy) is 1. The average Bonchev–Trinajstić information content (AvgIpc) is 2.74. The second kappa shape index (κ2) is 9.39. The molecule has 1 saturated carbocycles. The third kappa shape index (κ3) is 5.02. The summed E-state index contributed by atoms with van der Waals surface area (Å²) in [6, 6.07) is 7.07. The zero-order valence-electron chi connectivity index (χ0n) is 16.8. The Balaban J connectivity index is 1.38. The van der Waals surface area contributed by atoms with Crippen LogP contribution in [0.3, 0.4) is 0 Å². The number of nitrogens with two attached hydrogens (primary N) is 1. The van der Waals surface area contributed by atoms with E-state index in [1.165, 1.54) is 6.42 Å². The molecule has 0 radical (unpaired) electrons. The molecule has 3 N–H and O–H groups in total. The maximum absolute atomic E-state index is 12.8. The first-order chi connectivity index (χ1) is 13.5. The fourth-order valence-corrected chi connectivity index (χ4v) is 4.06. The van der Waals surface area contributed by atoms with Gasteiger partial charge >= 0.3 is 0 Å². The molecule has 0 aromatic heterocycles. The van der Waals surface area contributed by atoms with E-state index in [1.54, 1.807) is 31.4 Å². The van der Waals surface area contributed by atoms with Gasteiger partial charge in [0.1, 0.15) is 5.75 Å². The van der Waals surface area contributed by atoms with Gasteiger partial charge in [-0.15, -0.1) is 0 Å². The van der Waals surface area contributed by atoms with Crippen molar-refractivity contribution in [1.82, 2.24) is 15.1 Å². The van der Waals surface area contributed by atoms with Gasteiger partial charge in [-0.1, -0.05) is 19.3 Å². The summed E-state index contributed by atoms with van der Waals surface area (Å²) in [6.07, 6.45) is 4.90. The van der Waals surface area contributed by atoms with Crippen molar-refractivity contribution in [3.05, 3.63) is 29.8 Å². The van der Waals surface area contributed by atoms with E-state index in [0.717, 1.165) is 51.1 Å². The molecule has 1 aromatic rings. The van der Waals surface area contributed by atoms with Gasteiger partial charge in [-0.25, -0.2) is 0 Å². The Morgan fingerprint density at radius 2 is 1.71 bits per heavy atom. The number of nitrogens with one attached hydrogen (secondary N) is 1. The first kappa shape index (κ1) is 20.6. The molecule has 1 aromatic carbocycles. The maximum atomic E-state index is 12.8. The van der Waals surface area contributed by atoms with Crippen LogP contribution in [-0.2, 0) is 4.79 Å². The van der Waals surface area contributed by atoms with Crippen LogP contribution in [0.5, 0.6) is 5.75 Å². The van der Waals surface area contributed by atoms with Crippen LogP contribution in [0.4, 0.5) is 0 Å². The summed E-state index contributed by atoms with van der Waals surface area (Å²) in [5.74, 6) is 0.773. The molecule has 28 heavy (non-hydrogen) atoms. The van der Waals surface area contributed by atoms with Crippen molar-refractivity contribution >= 4 is 11.8 Å². The van der Waals surface area contributed by atoms with Crippen LogP contribution in [0, 0.1) is 0 Å². The monoisotopic (exact) mass is 388 g/mol. The van der Waals surface area contributed by atoms with Crippen LogP contribution in [0.25, 0.3) is 0 Å². The Morgan fingerprint density at radius 1 is 1.07 bits per heavy atom. The molecule has 7 nitrogen and oxygen atoms in total. The van der Waals surface area contributed by atoms with Crippen molar-refractivity contribution in [3.63, 3.8) is 0 Å². The van der Waals surface area contributed by atoms with Crippen molar-refractivity contribution in [2.24, 2.45) is 5.73 Å². The topological polar surface area (TPSA) is 87.9 Å². The number of hydrogen-bond acceptors (Lipinski definition) is 5. The molecule has 154 valence electrons. The molecule has 0 atom stereocenters.